The van der Waals surface area contributed by atoms with Crippen LogP contribution in [-0.4, -0.2) is 30.7 Å². The Morgan fingerprint density at radius 2 is 1.74 bits per heavy atom. The zero-order chi connectivity index (χ0) is 14.6. The van der Waals surface area contributed by atoms with E-state index in [4.69, 9.17) is 9.84 Å². The molecule has 0 fully saturated rings. The molecule has 1 aromatic rings. The maximum Gasteiger partial charge on any atom is 0.522 e. The number of ether oxygens (including phenoxy) is 2. The van der Waals surface area contributed by atoms with Crippen LogP contribution < -0.4 is 4.74 Å². The lowest BCUT2D eigenvalue weighted by Gasteiger charge is -2.13. The second-order valence-electron chi connectivity index (χ2n) is 3.89. The van der Waals surface area contributed by atoms with Gasteiger partial charge in [0.05, 0.1) is 12.2 Å². The number of hydrogen-bond acceptors (Lipinski definition) is 3. The monoisotopic (exact) mass is 278 g/mol. The van der Waals surface area contributed by atoms with Crippen molar-refractivity contribution in [2.75, 3.05) is 13.2 Å². The minimum Gasteiger partial charge on any atom is -0.491 e. The Balaban J connectivity index is 2.67. The summed E-state index contributed by atoms with van der Waals surface area (Å²) in [5, 5.41) is 8.84. The van der Waals surface area contributed by atoms with Gasteiger partial charge in [-0.05, 0) is 37.1 Å². The largest absolute Gasteiger partial charge is 0.522 e. The van der Waals surface area contributed by atoms with E-state index < -0.39 is 18.9 Å². The summed E-state index contributed by atoms with van der Waals surface area (Å²) in [6.45, 7) is 2.36. The standard InChI is InChI=1S/C12H13F3O4/c1-7-5-9(11(16)17)6-8(2)10(7)18-3-4-19-12(13,14)15/h5-6H,3-4H2,1-2H3,(H,16,17). The number of benzene rings is 1. The van der Waals surface area contributed by atoms with Gasteiger partial charge in [0.25, 0.3) is 0 Å². The summed E-state index contributed by atoms with van der Waals surface area (Å²) in [6.07, 6.45) is -4.68. The lowest BCUT2D eigenvalue weighted by atomic mass is 10.1. The third-order valence-electron chi connectivity index (χ3n) is 2.30. The molecule has 1 N–H and O–H groups in total. The SMILES string of the molecule is Cc1cc(C(=O)O)cc(C)c1OCCOC(F)(F)F. The molecule has 0 aliphatic rings. The van der Waals surface area contributed by atoms with Crippen LogP contribution in [0.3, 0.4) is 0 Å². The van der Waals surface area contributed by atoms with Gasteiger partial charge in [0.2, 0.25) is 0 Å². The van der Waals surface area contributed by atoms with E-state index in [-0.39, 0.29) is 12.2 Å². The molecule has 0 amide bonds. The molecule has 0 saturated heterocycles. The predicted octanol–water partition coefficient (Wildman–Crippen LogP) is 2.92. The molecule has 0 saturated carbocycles. The predicted molar refractivity (Wildman–Crippen MR) is 60.4 cm³/mol. The number of aryl methyl sites for hydroxylation is 2. The molecule has 7 heteroatoms. The molecule has 0 bridgehead atoms. The molecule has 0 spiro atoms. The average molecular weight is 278 g/mol. The molecule has 0 unspecified atom stereocenters. The van der Waals surface area contributed by atoms with Gasteiger partial charge in [-0.3, -0.25) is 4.74 Å². The first-order chi connectivity index (χ1) is 8.70. The van der Waals surface area contributed by atoms with Crippen LogP contribution in [0.15, 0.2) is 12.1 Å². The zero-order valence-corrected chi connectivity index (χ0v) is 10.4. The van der Waals surface area contributed by atoms with Crippen LogP contribution in [0.25, 0.3) is 0 Å². The van der Waals surface area contributed by atoms with Crippen LogP contribution in [0.5, 0.6) is 5.75 Å². The quantitative estimate of drug-likeness (QED) is 0.841. The van der Waals surface area contributed by atoms with E-state index in [9.17, 15) is 18.0 Å². The third-order valence-corrected chi connectivity index (χ3v) is 2.30. The second kappa shape index (κ2) is 5.92. The van der Waals surface area contributed by atoms with Gasteiger partial charge in [0.1, 0.15) is 12.4 Å². The molecule has 19 heavy (non-hydrogen) atoms. The first-order valence-electron chi connectivity index (χ1n) is 5.38. The van der Waals surface area contributed by atoms with Gasteiger partial charge in [-0.15, -0.1) is 13.2 Å². The molecule has 0 aliphatic heterocycles. The van der Waals surface area contributed by atoms with Crippen LogP contribution in [0.4, 0.5) is 13.2 Å². The first-order valence-corrected chi connectivity index (χ1v) is 5.38. The molecule has 1 aromatic carbocycles. The molecule has 0 radical (unpaired) electrons. The van der Waals surface area contributed by atoms with E-state index in [1.165, 1.54) is 12.1 Å². The topological polar surface area (TPSA) is 55.8 Å². The number of alkyl halides is 3. The normalized spacial score (nSPS) is 11.4. The summed E-state index contributed by atoms with van der Waals surface area (Å²) in [5.74, 6) is -0.700. The highest BCUT2D eigenvalue weighted by Crippen LogP contribution is 2.25. The van der Waals surface area contributed by atoms with Gasteiger partial charge in [0, 0.05) is 0 Å². The molecule has 4 nitrogen and oxygen atoms in total. The van der Waals surface area contributed by atoms with Crippen molar-refractivity contribution in [2.45, 2.75) is 20.2 Å². The third kappa shape index (κ3) is 4.78. The Labute approximate surface area is 107 Å². The van der Waals surface area contributed by atoms with Gasteiger partial charge in [-0.25, -0.2) is 4.79 Å². The Bertz CT molecular complexity index is 446. The fraction of sp³-hybridized carbons (Fsp3) is 0.417. The van der Waals surface area contributed by atoms with Crippen LogP contribution in [-0.2, 0) is 4.74 Å². The first kappa shape index (κ1) is 15.3. The molecule has 1 rings (SSSR count). The van der Waals surface area contributed by atoms with Crippen molar-refractivity contribution in [3.63, 3.8) is 0 Å². The highest BCUT2D eigenvalue weighted by molar-refractivity contribution is 5.88. The van der Waals surface area contributed by atoms with Crippen LogP contribution in [0.2, 0.25) is 0 Å². The van der Waals surface area contributed by atoms with E-state index in [1.54, 1.807) is 13.8 Å². The van der Waals surface area contributed by atoms with Crippen LogP contribution in [0.1, 0.15) is 21.5 Å². The van der Waals surface area contributed by atoms with Crippen LogP contribution >= 0.6 is 0 Å². The molecule has 0 atom stereocenters. The maximum atomic E-state index is 11.7. The van der Waals surface area contributed by atoms with E-state index in [2.05, 4.69) is 4.74 Å². The van der Waals surface area contributed by atoms with Crippen molar-refractivity contribution in [2.24, 2.45) is 0 Å². The molecular formula is C12H13F3O4. The number of halogens is 3. The summed E-state index contributed by atoms with van der Waals surface area (Å²) in [7, 11) is 0. The lowest BCUT2D eigenvalue weighted by molar-refractivity contribution is -0.325. The highest BCUT2D eigenvalue weighted by atomic mass is 19.4. The zero-order valence-electron chi connectivity index (χ0n) is 10.4. The second-order valence-corrected chi connectivity index (χ2v) is 3.89. The van der Waals surface area contributed by atoms with Gasteiger partial charge in [-0.1, -0.05) is 0 Å². The van der Waals surface area contributed by atoms with Crippen molar-refractivity contribution in [3.8, 4) is 5.75 Å². The fourth-order valence-corrected chi connectivity index (χ4v) is 1.60. The van der Waals surface area contributed by atoms with E-state index in [1.807, 2.05) is 0 Å². The van der Waals surface area contributed by atoms with E-state index in [0.717, 1.165) is 0 Å². The Kier molecular flexibility index (Phi) is 4.77. The van der Waals surface area contributed by atoms with Gasteiger partial charge in [-0.2, -0.15) is 0 Å². The molecule has 0 aromatic heterocycles. The number of carbonyl (C=O) groups is 1. The van der Waals surface area contributed by atoms with E-state index >= 15 is 0 Å². The van der Waals surface area contributed by atoms with Crippen molar-refractivity contribution in [1.82, 2.24) is 0 Å². The number of carboxylic acid groups (broad SMARTS) is 1. The molecule has 0 aliphatic carbocycles. The molecule has 0 heterocycles. The molecule has 106 valence electrons. The fourth-order valence-electron chi connectivity index (χ4n) is 1.60. The van der Waals surface area contributed by atoms with Gasteiger partial charge >= 0.3 is 12.3 Å². The highest BCUT2D eigenvalue weighted by Gasteiger charge is 2.28. The van der Waals surface area contributed by atoms with Crippen molar-refractivity contribution >= 4 is 5.97 Å². The molecular weight excluding hydrogens is 265 g/mol. The minimum atomic E-state index is -4.68. The number of carboxylic acids is 1. The smallest absolute Gasteiger partial charge is 0.491 e. The van der Waals surface area contributed by atoms with Crippen molar-refractivity contribution < 1.29 is 32.5 Å². The summed E-state index contributed by atoms with van der Waals surface area (Å²) in [4.78, 5) is 10.8. The average Bonchev–Trinajstić information content (AvgIpc) is 2.25. The van der Waals surface area contributed by atoms with Crippen molar-refractivity contribution in [3.05, 3.63) is 28.8 Å². The van der Waals surface area contributed by atoms with Crippen LogP contribution in [0, 0.1) is 13.8 Å². The van der Waals surface area contributed by atoms with Gasteiger partial charge < -0.3 is 9.84 Å². The number of hydrogen-bond donors (Lipinski definition) is 1. The van der Waals surface area contributed by atoms with Gasteiger partial charge in [0.15, 0.2) is 0 Å². The Morgan fingerprint density at radius 1 is 1.21 bits per heavy atom. The minimum absolute atomic E-state index is 0.105. The summed E-state index contributed by atoms with van der Waals surface area (Å²) in [6, 6.07) is 2.80. The van der Waals surface area contributed by atoms with E-state index in [0.29, 0.717) is 16.9 Å². The number of rotatable bonds is 5. The summed E-state index contributed by atoms with van der Waals surface area (Å²) < 4.78 is 44.0. The number of aromatic carboxylic acids is 1. The maximum absolute atomic E-state index is 11.7. The van der Waals surface area contributed by atoms with Crippen molar-refractivity contribution in [1.29, 1.82) is 0 Å². The Morgan fingerprint density at radius 3 is 2.16 bits per heavy atom. The summed E-state index contributed by atoms with van der Waals surface area (Å²) >= 11 is 0. The lowest BCUT2D eigenvalue weighted by Crippen LogP contribution is -2.18. The Hall–Kier alpha value is -1.76. The summed E-state index contributed by atoms with van der Waals surface area (Å²) in [5.41, 5.74) is 1.20.